The van der Waals surface area contributed by atoms with Crippen molar-refractivity contribution < 1.29 is 9.18 Å². The fraction of sp³-hybridized carbons (Fsp3) is 0.235. The number of carbonyl (C=O) groups is 1. The number of nitrogens with one attached hydrogen (secondary N) is 2. The predicted molar refractivity (Wildman–Crippen MR) is 82.8 cm³/mol. The predicted octanol–water partition coefficient (Wildman–Crippen LogP) is 4.27. The van der Waals surface area contributed by atoms with E-state index in [0.717, 1.165) is 17.7 Å². The SMILES string of the molecule is CCc1ccc(NC(=O)N[C@@H](C)c2ccc(F)cc2)cc1. The van der Waals surface area contributed by atoms with Gasteiger partial charge in [-0.15, -0.1) is 0 Å². The van der Waals surface area contributed by atoms with Crippen molar-refractivity contribution in [2.45, 2.75) is 26.3 Å². The van der Waals surface area contributed by atoms with Crippen LogP contribution in [0.5, 0.6) is 0 Å². The minimum Gasteiger partial charge on any atom is -0.331 e. The van der Waals surface area contributed by atoms with Crippen LogP contribution in [0.1, 0.15) is 31.0 Å². The highest BCUT2D eigenvalue weighted by atomic mass is 19.1. The number of halogens is 1. The minimum atomic E-state index is -0.286. The molecular formula is C17H19FN2O. The monoisotopic (exact) mass is 286 g/mol. The number of benzene rings is 2. The first-order valence-corrected chi connectivity index (χ1v) is 7.00. The summed E-state index contributed by atoms with van der Waals surface area (Å²) in [4.78, 5) is 11.9. The summed E-state index contributed by atoms with van der Waals surface area (Å²) in [5.41, 5.74) is 2.82. The zero-order valence-corrected chi connectivity index (χ0v) is 12.2. The number of hydrogen-bond acceptors (Lipinski definition) is 1. The van der Waals surface area contributed by atoms with E-state index in [0.29, 0.717) is 0 Å². The summed E-state index contributed by atoms with van der Waals surface area (Å²) in [6.45, 7) is 3.94. The topological polar surface area (TPSA) is 41.1 Å². The van der Waals surface area contributed by atoms with Crippen LogP contribution in [0.15, 0.2) is 48.5 Å². The number of rotatable bonds is 4. The van der Waals surface area contributed by atoms with E-state index in [1.807, 2.05) is 31.2 Å². The molecule has 3 nitrogen and oxygen atoms in total. The molecule has 0 saturated carbocycles. The van der Waals surface area contributed by atoms with Crippen molar-refractivity contribution in [1.82, 2.24) is 5.32 Å². The van der Waals surface area contributed by atoms with E-state index in [1.54, 1.807) is 12.1 Å². The van der Waals surface area contributed by atoms with E-state index in [-0.39, 0.29) is 17.9 Å². The normalized spacial score (nSPS) is 11.8. The standard InChI is InChI=1S/C17H19FN2O/c1-3-13-4-10-16(11-5-13)20-17(21)19-12(2)14-6-8-15(18)9-7-14/h4-12H,3H2,1-2H3,(H2,19,20,21)/t12-/m0/s1. The lowest BCUT2D eigenvalue weighted by atomic mass is 10.1. The highest BCUT2D eigenvalue weighted by molar-refractivity contribution is 5.89. The van der Waals surface area contributed by atoms with Crippen LogP contribution < -0.4 is 10.6 Å². The Morgan fingerprint density at radius 2 is 1.71 bits per heavy atom. The third kappa shape index (κ3) is 4.31. The summed E-state index contributed by atoms with van der Waals surface area (Å²) in [5.74, 6) is -0.286. The minimum absolute atomic E-state index is 0.194. The second kappa shape index (κ2) is 6.88. The lowest BCUT2D eigenvalue weighted by molar-refractivity contribution is 0.249. The van der Waals surface area contributed by atoms with Crippen LogP contribution in [-0.2, 0) is 6.42 Å². The van der Waals surface area contributed by atoms with E-state index in [2.05, 4.69) is 17.6 Å². The number of amides is 2. The van der Waals surface area contributed by atoms with Gasteiger partial charge < -0.3 is 10.6 Å². The summed E-state index contributed by atoms with van der Waals surface area (Å²) in [5, 5.41) is 5.60. The summed E-state index contributed by atoms with van der Waals surface area (Å²) in [7, 11) is 0. The van der Waals surface area contributed by atoms with Crippen molar-refractivity contribution in [1.29, 1.82) is 0 Å². The second-order valence-corrected chi connectivity index (χ2v) is 4.92. The molecule has 0 spiro atoms. The van der Waals surface area contributed by atoms with Crippen molar-refractivity contribution in [2.24, 2.45) is 0 Å². The fourth-order valence-electron chi connectivity index (χ4n) is 2.02. The third-order valence-electron chi connectivity index (χ3n) is 3.34. The number of urea groups is 1. The van der Waals surface area contributed by atoms with Crippen LogP contribution in [0.4, 0.5) is 14.9 Å². The smallest absolute Gasteiger partial charge is 0.319 e. The first-order valence-electron chi connectivity index (χ1n) is 7.00. The second-order valence-electron chi connectivity index (χ2n) is 4.92. The number of aryl methyl sites for hydroxylation is 1. The molecule has 0 saturated heterocycles. The molecule has 2 rings (SSSR count). The molecule has 0 aliphatic carbocycles. The lowest BCUT2D eigenvalue weighted by Gasteiger charge is -2.15. The first kappa shape index (κ1) is 15.0. The number of anilines is 1. The van der Waals surface area contributed by atoms with Crippen molar-refractivity contribution in [2.75, 3.05) is 5.32 Å². The van der Waals surface area contributed by atoms with E-state index in [9.17, 15) is 9.18 Å². The molecule has 21 heavy (non-hydrogen) atoms. The Bertz CT molecular complexity index is 593. The van der Waals surface area contributed by atoms with Gasteiger partial charge in [0.1, 0.15) is 5.82 Å². The Kier molecular flexibility index (Phi) is 4.93. The van der Waals surface area contributed by atoms with Crippen molar-refractivity contribution in [3.63, 3.8) is 0 Å². The Balaban J connectivity index is 1.92. The van der Waals surface area contributed by atoms with Gasteiger partial charge in [-0.25, -0.2) is 9.18 Å². The van der Waals surface area contributed by atoms with E-state index in [4.69, 9.17) is 0 Å². The van der Waals surface area contributed by atoms with Gasteiger partial charge in [-0.1, -0.05) is 31.2 Å². The first-order chi connectivity index (χ1) is 10.1. The molecular weight excluding hydrogens is 267 g/mol. The number of carbonyl (C=O) groups excluding carboxylic acids is 1. The van der Waals surface area contributed by atoms with Gasteiger partial charge in [0, 0.05) is 5.69 Å². The van der Waals surface area contributed by atoms with Crippen molar-refractivity contribution in [3.05, 3.63) is 65.5 Å². The highest BCUT2D eigenvalue weighted by Crippen LogP contribution is 2.14. The van der Waals surface area contributed by atoms with Gasteiger partial charge in [0.05, 0.1) is 6.04 Å². The summed E-state index contributed by atoms with van der Waals surface area (Å²) >= 11 is 0. The van der Waals surface area contributed by atoms with E-state index in [1.165, 1.54) is 17.7 Å². The van der Waals surface area contributed by atoms with Crippen molar-refractivity contribution in [3.8, 4) is 0 Å². The van der Waals surface area contributed by atoms with Gasteiger partial charge in [-0.2, -0.15) is 0 Å². The maximum absolute atomic E-state index is 12.9. The average Bonchev–Trinajstić information content (AvgIpc) is 2.48. The average molecular weight is 286 g/mol. The summed E-state index contributed by atoms with van der Waals surface area (Å²) in [6, 6.07) is 13.3. The van der Waals surface area contributed by atoms with Gasteiger partial charge in [0.25, 0.3) is 0 Å². The van der Waals surface area contributed by atoms with Crippen LogP contribution in [0.2, 0.25) is 0 Å². The van der Waals surface area contributed by atoms with Crippen molar-refractivity contribution >= 4 is 11.7 Å². The largest absolute Gasteiger partial charge is 0.331 e. The molecule has 2 N–H and O–H groups in total. The molecule has 0 aliphatic rings. The zero-order chi connectivity index (χ0) is 15.2. The zero-order valence-electron chi connectivity index (χ0n) is 12.2. The van der Waals surface area contributed by atoms with Gasteiger partial charge in [-0.3, -0.25) is 0 Å². The maximum atomic E-state index is 12.9. The molecule has 4 heteroatoms. The lowest BCUT2D eigenvalue weighted by Crippen LogP contribution is -2.31. The molecule has 0 fully saturated rings. The highest BCUT2D eigenvalue weighted by Gasteiger charge is 2.09. The van der Waals surface area contributed by atoms with E-state index < -0.39 is 0 Å². The summed E-state index contributed by atoms with van der Waals surface area (Å²) < 4.78 is 12.9. The Morgan fingerprint density at radius 1 is 1.10 bits per heavy atom. The van der Waals surface area contributed by atoms with Gasteiger partial charge in [0.2, 0.25) is 0 Å². The van der Waals surface area contributed by atoms with E-state index >= 15 is 0 Å². The molecule has 0 bridgehead atoms. The third-order valence-corrected chi connectivity index (χ3v) is 3.34. The Hall–Kier alpha value is -2.36. The van der Waals surface area contributed by atoms with Crippen LogP contribution in [0.3, 0.4) is 0 Å². The molecule has 0 radical (unpaired) electrons. The molecule has 2 aromatic carbocycles. The Labute approximate surface area is 124 Å². The quantitative estimate of drug-likeness (QED) is 0.865. The molecule has 0 aliphatic heterocycles. The molecule has 2 aromatic rings. The van der Waals surface area contributed by atoms with Crippen LogP contribution in [-0.4, -0.2) is 6.03 Å². The molecule has 0 unspecified atom stereocenters. The number of hydrogen-bond donors (Lipinski definition) is 2. The van der Waals surface area contributed by atoms with Gasteiger partial charge in [0.15, 0.2) is 0 Å². The molecule has 2 amide bonds. The van der Waals surface area contributed by atoms with Crippen LogP contribution in [0, 0.1) is 5.82 Å². The van der Waals surface area contributed by atoms with Gasteiger partial charge >= 0.3 is 6.03 Å². The molecule has 110 valence electrons. The van der Waals surface area contributed by atoms with Crippen LogP contribution in [0.25, 0.3) is 0 Å². The Morgan fingerprint density at radius 3 is 2.29 bits per heavy atom. The fourth-order valence-corrected chi connectivity index (χ4v) is 2.02. The molecule has 1 atom stereocenters. The molecule has 0 aromatic heterocycles. The van der Waals surface area contributed by atoms with Crippen LogP contribution >= 0.6 is 0 Å². The maximum Gasteiger partial charge on any atom is 0.319 e. The van der Waals surface area contributed by atoms with Gasteiger partial charge in [-0.05, 0) is 48.7 Å². The summed E-state index contributed by atoms with van der Waals surface area (Å²) in [6.07, 6.45) is 0.966. The molecule has 0 heterocycles.